The van der Waals surface area contributed by atoms with E-state index in [1.165, 1.54) is 0 Å². The number of hydrogen-bond donors (Lipinski definition) is 3. The summed E-state index contributed by atoms with van der Waals surface area (Å²) in [5.41, 5.74) is 2.72. The topological polar surface area (TPSA) is 74.2 Å². The Morgan fingerprint density at radius 1 is 1.27 bits per heavy atom. The lowest BCUT2D eigenvalue weighted by Gasteiger charge is -2.12. The van der Waals surface area contributed by atoms with Gasteiger partial charge in [-0.1, -0.05) is 22.9 Å². The van der Waals surface area contributed by atoms with Crippen molar-refractivity contribution in [3.8, 4) is 10.6 Å². The molecule has 1 unspecified atom stereocenters. The highest BCUT2D eigenvalue weighted by atomic mass is 79.9. The number of nitrogens with zero attached hydrogens (tertiary/aromatic N) is 1. The molecule has 0 spiro atoms. The zero-order valence-electron chi connectivity index (χ0n) is 14.3. The predicted octanol–water partition coefficient (Wildman–Crippen LogP) is 4.87. The van der Waals surface area contributed by atoms with E-state index in [9.17, 15) is 4.79 Å². The second-order valence-corrected chi connectivity index (χ2v) is 8.11. The summed E-state index contributed by atoms with van der Waals surface area (Å²) in [5, 5.41) is 15.5. The molecule has 3 rings (SSSR count). The fraction of sp³-hybridized carbons (Fsp3) is 0.263. The monoisotopic (exact) mass is 433 g/mol. The van der Waals surface area contributed by atoms with Crippen LogP contribution in [0.5, 0.6) is 0 Å². The van der Waals surface area contributed by atoms with Crippen LogP contribution in [0.1, 0.15) is 13.3 Å². The number of aliphatic hydroxyl groups is 1. The molecular formula is C19H20BrN3O2S. The number of urea groups is 1. The van der Waals surface area contributed by atoms with Gasteiger partial charge >= 0.3 is 6.03 Å². The minimum Gasteiger partial charge on any atom is -0.396 e. The van der Waals surface area contributed by atoms with Crippen molar-refractivity contribution >= 4 is 49.2 Å². The SMILES string of the molecule is CC(CCO)CNC(=O)Nc1ccc(-c2nc3cc(Br)ccc3s2)cc1. The third-order valence-corrected chi connectivity index (χ3v) is 5.55. The smallest absolute Gasteiger partial charge is 0.319 e. The van der Waals surface area contributed by atoms with Gasteiger partial charge in [0.05, 0.1) is 10.2 Å². The van der Waals surface area contributed by atoms with Crippen LogP contribution in [0.2, 0.25) is 0 Å². The number of thiazole rings is 1. The Morgan fingerprint density at radius 3 is 2.77 bits per heavy atom. The number of aromatic nitrogens is 1. The molecule has 1 atom stereocenters. The summed E-state index contributed by atoms with van der Waals surface area (Å²) in [7, 11) is 0. The lowest BCUT2D eigenvalue weighted by atomic mass is 10.1. The van der Waals surface area contributed by atoms with E-state index < -0.39 is 0 Å². The number of halogens is 1. The molecule has 26 heavy (non-hydrogen) atoms. The molecule has 0 bridgehead atoms. The van der Waals surface area contributed by atoms with Gasteiger partial charge in [-0.25, -0.2) is 9.78 Å². The number of anilines is 1. The summed E-state index contributed by atoms with van der Waals surface area (Å²) in [5.74, 6) is 0.243. The highest BCUT2D eigenvalue weighted by Gasteiger charge is 2.08. The second-order valence-electron chi connectivity index (χ2n) is 6.16. The first kappa shape index (κ1) is 18.8. The fourth-order valence-electron chi connectivity index (χ4n) is 2.48. The molecule has 0 saturated heterocycles. The molecule has 0 aliphatic rings. The number of hydrogen-bond acceptors (Lipinski definition) is 4. The number of carbonyl (C=O) groups is 1. The summed E-state index contributed by atoms with van der Waals surface area (Å²) in [6.07, 6.45) is 0.674. The molecule has 2 aromatic carbocycles. The first-order valence-corrected chi connectivity index (χ1v) is 9.98. The largest absolute Gasteiger partial charge is 0.396 e. The van der Waals surface area contributed by atoms with Crippen molar-refractivity contribution in [3.05, 3.63) is 46.9 Å². The van der Waals surface area contributed by atoms with Gasteiger partial charge in [0.15, 0.2) is 0 Å². The minimum atomic E-state index is -0.243. The van der Waals surface area contributed by atoms with Crippen LogP contribution in [0.4, 0.5) is 10.5 Å². The van der Waals surface area contributed by atoms with Crippen LogP contribution in [0.3, 0.4) is 0 Å². The Kier molecular flexibility index (Phi) is 6.24. The van der Waals surface area contributed by atoms with E-state index in [4.69, 9.17) is 5.11 Å². The molecule has 0 aliphatic heterocycles. The van der Waals surface area contributed by atoms with Gasteiger partial charge in [-0.05, 0) is 54.8 Å². The zero-order chi connectivity index (χ0) is 18.5. The minimum absolute atomic E-state index is 0.134. The summed E-state index contributed by atoms with van der Waals surface area (Å²) < 4.78 is 2.16. The van der Waals surface area contributed by atoms with Crippen molar-refractivity contribution in [1.82, 2.24) is 10.3 Å². The van der Waals surface area contributed by atoms with E-state index in [0.29, 0.717) is 13.0 Å². The maximum Gasteiger partial charge on any atom is 0.319 e. The van der Waals surface area contributed by atoms with Crippen LogP contribution in [0.25, 0.3) is 20.8 Å². The molecule has 0 aliphatic carbocycles. The number of carbonyl (C=O) groups excluding carboxylic acids is 1. The number of benzene rings is 2. The molecule has 0 fully saturated rings. The van der Waals surface area contributed by atoms with Crippen molar-refractivity contribution < 1.29 is 9.90 Å². The zero-order valence-corrected chi connectivity index (χ0v) is 16.7. The van der Waals surface area contributed by atoms with E-state index >= 15 is 0 Å². The number of rotatable bonds is 6. The molecule has 5 nitrogen and oxygen atoms in total. The Labute approximate surface area is 164 Å². The van der Waals surface area contributed by atoms with E-state index in [-0.39, 0.29) is 18.6 Å². The Hall–Kier alpha value is -1.96. The first-order valence-electron chi connectivity index (χ1n) is 8.37. The van der Waals surface area contributed by atoms with Crippen LogP contribution in [-0.4, -0.2) is 29.3 Å². The molecule has 2 amide bonds. The molecular weight excluding hydrogens is 414 g/mol. The van der Waals surface area contributed by atoms with Crippen molar-refractivity contribution in [1.29, 1.82) is 0 Å². The summed E-state index contributed by atoms with van der Waals surface area (Å²) in [4.78, 5) is 16.6. The van der Waals surface area contributed by atoms with Gasteiger partial charge in [0, 0.05) is 28.9 Å². The van der Waals surface area contributed by atoms with Crippen LogP contribution in [0.15, 0.2) is 46.9 Å². The fourth-order valence-corrected chi connectivity index (χ4v) is 3.79. The lowest BCUT2D eigenvalue weighted by molar-refractivity contribution is 0.243. The number of amides is 2. The van der Waals surface area contributed by atoms with Gasteiger partial charge in [0.1, 0.15) is 5.01 Å². The van der Waals surface area contributed by atoms with E-state index in [2.05, 4.69) is 37.6 Å². The molecule has 1 heterocycles. The van der Waals surface area contributed by atoms with E-state index in [1.54, 1.807) is 11.3 Å². The van der Waals surface area contributed by atoms with Gasteiger partial charge in [0.2, 0.25) is 0 Å². The quantitative estimate of drug-likeness (QED) is 0.519. The third kappa shape index (κ3) is 4.81. The van der Waals surface area contributed by atoms with Gasteiger partial charge in [-0.3, -0.25) is 0 Å². The number of nitrogens with one attached hydrogen (secondary N) is 2. The lowest BCUT2D eigenvalue weighted by Crippen LogP contribution is -2.32. The number of fused-ring (bicyclic) bond motifs is 1. The van der Waals surface area contributed by atoms with Crippen molar-refractivity contribution in [2.24, 2.45) is 5.92 Å². The molecule has 7 heteroatoms. The van der Waals surface area contributed by atoms with E-state index in [1.807, 2.05) is 43.3 Å². The number of aliphatic hydroxyl groups excluding tert-OH is 1. The molecule has 3 N–H and O–H groups in total. The molecule has 136 valence electrons. The summed E-state index contributed by atoms with van der Waals surface area (Å²) in [6.45, 7) is 2.65. The highest BCUT2D eigenvalue weighted by Crippen LogP contribution is 2.32. The molecule has 0 radical (unpaired) electrons. The summed E-state index contributed by atoms with van der Waals surface area (Å²) >= 11 is 5.11. The third-order valence-electron chi connectivity index (χ3n) is 3.97. The average molecular weight is 434 g/mol. The normalized spacial score (nSPS) is 12.1. The summed E-state index contributed by atoms with van der Waals surface area (Å²) in [6, 6.07) is 13.5. The Morgan fingerprint density at radius 2 is 2.04 bits per heavy atom. The first-order chi connectivity index (χ1) is 12.5. The standard InChI is InChI=1S/C19H20BrN3O2S/c1-12(8-9-24)11-21-19(25)22-15-5-2-13(3-6-15)18-23-16-10-14(20)4-7-17(16)26-18/h2-7,10,12,24H,8-9,11H2,1H3,(H2,21,22,25). The van der Waals surface area contributed by atoms with Crippen molar-refractivity contribution in [3.63, 3.8) is 0 Å². The van der Waals surface area contributed by atoms with Gasteiger partial charge < -0.3 is 15.7 Å². The van der Waals surface area contributed by atoms with Crippen LogP contribution in [-0.2, 0) is 0 Å². The van der Waals surface area contributed by atoms with Crippen molar-refractivity contribution in [2.45, 2.75) is 13.3 Å². The van der Waals surface area contributed by atoms with Crippen LogP contribution >= 0.6 is 27.3 Å². The van der Waals surface area contributed by atoms with Gasteiger partial charge in [-0.2, -0.15) is 0 Å². The van der Waals surface area contributed by atoms with Crippen LogP contribution < -0.4 is 10.6 Å². The maximum absolute atomic E-state index is 11.9. The Balaban J connectivity index is 1.63. The van der Waals surface area contributed by atoms with E-state index in [0.717, 1.165) is 30.9 Å². The molecule has 3 aromatic rings. The Bertz CT molecular complexity index is 895. The van der Waals surface area contributed by atoms with Gasteiger partial charge in [0.25, 0.3) is 0 Å². The van der Waals surface area contributed by atoms with Crippen molar-refractivity contribution in [2.75, 3.05) is 18.5 Å². The molecule has 0 saturated carbocycles. The predicted molar refractivity (Wildman–Crippen MR) is 111 cm³/mol. The maximum atomic E-state index is 11.9. The highest BCUT2D eigenvalue weighted by molar-refractivity contribution is 9.10. The van der Waals surface area contributed by atoms with Gasteiger partial charge in [-0.15, -0.1) is 11.3 Å². The average Bonchev–Trinajstić information content (AvgIpc) is 3.04. The van der Waals surface area contributed by atoms with Crippen LogP contribution in [0, 0.1) is 5.92 Å². The second kappa shape index (κ2) is 8.62. The molecule has 1 aromatic heterocycles.